The van der Waals surface area contributed by atoms with Gasteiger partial charge in [-0.25, -0.2) is 0 Å². The van der Waals surface area contributed by atoms with Crippen molar-refractivity contribution in [3.63, 3.8) is 0 Å². The molecule has 8 nitrogen and oxygen atoms in total. The molecule has 15 heavy (non-hydrogen) atoms. The van der Waals surface area contributed by atoms with E-state index in [0.717, 1.165) is 0 Å². The van der Waals surface area contributed by atoms with Crippen molar-refractivity contribution in [2.45, 2.75) is 0 Å². The number of nitrogens with zero attached hydrogens (tertiary/aromatic N) is 1. The molecule has 2 unspecified atom stereocenters. The van der Waals surface area contributed by atoms with Crippen LogP contribution in [0.1, 0.15) is 0 Å². The molecule has 1 heterocycles. The molecule has 2 atom stereocenters. The van der Waals surface area contributed by atoms with E-state index in [0.29, 0.717) is 0 Å². The molecular weight excluding hydrogens is 259 g/mol. The average Bonchev–Trinajstić information content (AvgIpc) is 1.75. The van der Waals surface area contributed by atoms with Crippen LogP contribution in [0.2, 0.25) is 0 Å². The third-order valence-electron chi connectivity index (χ3n) is 1.67. The molecule has 1 aliphatic rings. The Morgan fingerprint density at radius 2 is 2.07 bits per heavy atom. The van der Waals surface area contributed by atoms with Crippen LogP contribution in [0.3, 0.4) is 0 Å². The van der Waals surface area contributed by atoms with E-state index in [4.69, 9.17) is 14.7 Å². The Labute approximate surface area is 108 Å². The van der Waals surface area contributed by atoms with E-state index in [9.17, 15) is 14.3 Å². The fourth-order valence-electron chi connectivity index (χ4n) is 1.24. The van der Waals surface area contributed by atoms with E-state index in [1.54, 1.807) is 0 Å². The van der Waals surface area contributed by atoms with Gasteiger partial charge in [0.25, 0.3) is 0 Å². The zero-order chi connectivity index (χ0) is 11.0. The summed E-state index contributed by atoms with van der Waals surface area (Å²) in [5.41, 5.74) is 0. The molecule has 0 amide bonds. The van der Waals surface area contributed by atoms with Gasteiger partial charge in [-0.1, -0.05) is 0 Å². The third-order valence-corrected chi connectivity index (χ3v) is 4.01. The third kappa shape index (κ3) is 5.91. The van der Waals surface area contributed by atoms with E-state index >= 15 is 0 Å². The van der Waals surface area contributed by atoms with E-state index in [2.05, 4.69) is 4.52 Å². The van der Waals surface area contributed by atoms with Crippen molar-refractivity contribution in [1.29, 1.82) is 0 Å². The SMILES string of the molecule is O=P(O)(O)C[N+]1([O-])CCOP(=O)(O)C1.[Na]. The first-order valence-electron chi connectivity index (χ1n) is 3.70. The van der Waals surface area contributed by atoms with Gasteiger partial charge in [-0.3, -0.25) is 13.7 Å². The summed E-state index contributed by atoms with van der Waals surface area (Å²) >= 11 is 0. The second-order valence-corrected chi connectivity index (χ2v) is 6.63. The maximum atomic E-state index is 11.6. The zero-order valence-electron chi connectivity index (χ0n) is 8.14. The molecule has 3 N–H and O–H groups in total. The molecule has 0 bridgehead atoms. The number of rotatable bonds is 2. The molecule has 0 aliphatic carbocycles. The van der Waals surface area contributed by atoms with Crippen LogP contribution in [0.15, 0.2) is 0 Å². The van der Waals surface area contributed by atoms with Gasteiger partial charge in [0.15, 0.2) is 12.6 Å². The number of hydrogen-bond acceptors (Lipinski definition) is 4. The van der Waals surface area contributed by atoms with Gasteiger partial charge in [0.2, 0.25) is 0 Å². The normalized spacial score (nSPS) is 37.1. The number of hydrogen-bond donors (Lipinski definition) is 3. The Kier molecular flexibility index (Phi) is 5.67. The van der Waals surface area contributed by atoms with Gasteiger partial charge in [-0.15, -0.1) is 0 Å². The Morgan fingerprint density at radius 3 is 2.47 bits per heavy atom. The van der Waals surface area contributed by atoms with Gasteiger partial charge in [0.05, 0.1) is 0 Å². The summed E-state index contributed by atoms with van der Waals surface area (Å²) < 4.78 is 24.6. The maximum Gasteiger partial charge on any atom is 0.382 e. The molecule has 11 heteroatoms. The van der Waals surface area contributed by atoms with Gasteiger partial charge >= 0.3 is 15.2 Å². The molecule has 1 fully saturated rings. The Bertz CT molecular complexity index is 314. The predicted molar refractivity (Wildman–Crippen MR) is 51.8 cm³/mol. The first-order valence-corrected chi connectivity index (χ1v) is 7.26. The summed E-state index contributed by atoms with van der Waals surface area (Å²) in [6, 6.07) is 0. The van der Waals surface area contributed by atoms with Crippen LogP contribution in [-0.4, -0.2) is 74.6 Å². The standard InChI is InChI=1S/C4H11NO7P2.Na/c6-5(3-13(7,8)9)1-2-12-14(10,11)4-5;/h1-4H2,(H,10,11)(H2,7,8,9);. The summed E-state index contributed by atoms with van der Waals surface area (Å²) in [6.45, 7) is -0.493. The molecule has 1 radical (unpaired) electrons. The molecule has 0 aromatic carbocycles. The molecule has 1 saturated heterocycles. The van der Waals surface area contributed by atoms with Crippen molar-refractivity contribution < 1.29 is 33.0 Å². The largest absolute Gasteiger partial charge is 0.632 e. The first-order chi connectivity index (χ1) is 6.12. The zero-order valence-corrected chi connectivity index (χ0v) is 11.9. The molecule has 1 aliphatic heterocycles. The van der Waals surface area contributed by atoms with Gasteiger partial charge in [-0.2, -0.15) is 0 Å². The van der Waals surface area contributed by atoms with Crippen molar-refractivity contribution in [2.24, 2.45) is 0 Å². The summed E-state index contributed by atoms with van der Waals surface area (Å²) in [6.07, 6.45) is -1.79. The van der Waals surface area contributed by atoms with E-state index < -0.39 is 32.4 Å². The van der Waals surface area contributed by atoms with Crippen molar-refractivity contribution in [1.82, 2.24) is 0 Å². The minimum absolute atomic E-state index is 0. The van der Waals surface area contributed by atoms with Crippen LogP contribution >= 0.6 is 15.2 Å². The smallest absolute Gasteiger partial charge is 0.382 e. The van der Waals surface area contributed by atoms with Crippen molar-refractivity contribution >= 4 is 44.7 Å². The fraction of sp³-hybridized carbons (Fsp3) is 1.00. The summed E-state index contributed by atoms with van der Waals surface area (Å²) in [7, 11) is -8.46. The molecule has 0 aromatic rings. The number of hydroxylamine groups is 3. The van der Waals surface area contributed by atoms with Gasteiger partial charge in [-0.05, 0) is 0 Å². The van der Waals surface area contributed by atoms with E-state index in [1.165, 1.54) is 0 Å². The van der Waals surface area contributed by atoms with Crippen LogP contribution < -0.4 is 0 Å². The van der Waals surface area contributed by atoms with Crippen LogP contribution in [0.25, 0.3) is 0 Å². The van der Waals surface area contributed by atoms with Crippen LogP contribution in [-0.2, 0) is 13.7 Å². The topological polar surface area (TPSA) is 127 Å². The summed E-state index contributed by atoms with van der Waals surface area (Å²) in [5.74, 6) is 0. The fourth-order valence-corrected chi connectivity index (χ4v) is 3.65. The Hall–Kier alpha value is 1.22. The molecule has 0 spiro atoms. The second-order valence-electron chi connectivity index (χ2n) is 3.20. The molecule has 85 valence electrons. The minimum atomic E-state index is -4.48. The average molecular weight is 270 g/mol. The Morgan fingerprint density at radius 1 is 1.53 bits per heavy atom. The maximum absolute atomic E-state index is 11.6. The molecule has 1 rings (SSSR count). The quantitative estimate of drug-likeness (QED) is 0.260. The van der Waals surface area contributed by atoms with Gasteiger partial charge < -0.3 is 24.5 Å². The molecule has 0 aromatic heterocycles. The number of quaternary nitrogens is 1. The molecule has 0 saturated carbocycles. The van der Waals surface area contributed by atoms with Crippen LogP contribution in [0.5, 0.6) is 0 Å². The molecular formula is C4H11NNaO7P2. The van der Waals surface area contributed by atoms with Gasteiger partial charge in [0.1, 0.15) is 13.2 Å². The monoisotopic (exact) mass is 270 g/mol. The van der Waals surface area contributed by atoms with E-state index in [-0.39, 0.29) is 42.7 Å². The summed E-state index contributed by atoms with van der Waals surface area (Å²) in [5, 5.41) is 11.6. The van der Waals surface area contributed by atoms with Crippen LogP contribution in [0.4, 0.5) is 0 Å². The summed E-state index contributed by atoms with van der Waals surface area (Å²) in [4.78, 5) is 26.1. The second kappa shape index (κ2) is 5.25. The van der Waals surface area contributed by atoms with Crippen LogP contribution in [0, 0.1) is 5.21 Å². The minimum Gasteiger partial charge on any atom is -0.632 e. The first kappa shape index (κ1) is 16.2. The van der Waals surface area contributed by atoms with Crippen molar-refractivity contribution in [3.05, 3.63) is 5.21 Å². The van der Waals surface area contributed by atoms with Crippen molar-refractivity contribution in [2.75, 3.05) is 25.7 Å². The van der Waals surface area contributed by atoms with E-state index in [1.807, 2.05) is 0 Å². The predicted octanol–water partition coefficient (Wildman–Crippen LogP) is -0.772. The van der Waals surface area contributed by atoms with Crippen molar-refractivity contribution in [3.8, 4) is 0 Å². The van der Waals surface area contributed by atoms with Gasteiger partial charge in [0, 0.05) is 29.6 Å². The Balaban J connectivity index is 0.00000196.